The maximum Gasteiger partial charge on any atom is 0.220 e. The molecule has 0 spiro atoms. The van der Waals surface area contributed by atoms with Gasteiger partial charge in [-0.3, -0.25) is 9.69 Å². The van der Waals surface area contributed by atoms with E-state index in [4.69, 9.17) is 9.47 Å². The summed E-state index contributed by atoms with van der Waals surface area (Å²) in [7, 11) is 1.61. The minimum Gasteiger partial charge on any atom is -0.481 e. The summed E-state index contributed by atoms with van der Waals surface area (Å²) in [5, 5.41) is 0. The SMILES string of the molecule is C=C(CN1CCOCC1)N=C(OC)c1cc(C)c(C(C)=O)c(CC)c1. The second-order valence-electron chi connectivity index (χ2n) is 6.31. The number of ether oxygens (including phenoxy) is 2. The molecule has 0 amide bonds. The molecule has 1 aromatic rings. The number of nitrogens with zero attached hydrogens (tertiary/aromatic N) is 2. The molecule has 0 aliphatic carbocycles. The van der Waals surface area contributed by atoms with Crippen molar-refractivity contribution in [2.24, 2.45) is 4.99 Å². The highest BCUT2D eigenvalue weighted by Gasteiger charge is 2.15. The molecule has 0 bridgehead atoms. The van der Waals surface area contributed by atoms with Crippen molar-refractivity contribution in [3.05, 3.63) is 46.7 Å². The van der Waals surface area contributed by atoms with Crippen molar-refractivity contribution in [3.8, 4) is 0 Å². The van der Waals surface area contributed by atoms with Gasteiger partial charge < -0.3 is 9.47 Å². The van der Waals surface area contributed by atoms with Crippen LogP contribution in [0.2, 0.25) is 0 Å². The number of hydrogen-bond acceptors (Lipinski definition) is 5. The molecule has 1 heterocycles. The van der Waals surface area contributed by atoms with Crippen molar-refractivity contribution in [1.29, 1.82) is 0 Å². The van der Waals surface area contributed by atoms with Crippen LogP contribution in [0.3, 0.4) is 0 Å². The van der Waals surface area contributed by atoms with Crippen molar-refractivity contribution < 1.29 is 14.3 Å². The van der Waals surface area contributed by atoms with E-state index in [-0.39, 0.29) is 5.78 Å². The Labute approximate surface area is 150 Å². The third-order valence-electron chi connectivity index (χ3n) is 4.36. The second-order valence-corrected chi connectivity index (χ2v) is 6.31. The molecule has 1 saturated heterocycles. The number of hydrogen-bond donors (Lipinski definition) is 0. The average molecular weight is 344 g/mol. The molecule has 0 N–H and O–H groups in total. The Hall–Kier alpha value is -1.98. The van der Waals surface area contributed by atoms with E-state index in [1.807, 2.05) is 26.0 Å². The first-order chi connectivity index (χ1) is 12.0. The van der Waals surface area contributed by atoms with Crippen LogP contribution in [-0.4, -0.2) is 56.5 Å². The molecule has 1 aromatic carbocycles. The van der Waals surface area contributed by atoms with Gasteiger partial charge in [0.05, 0.1) is 26.0 Å². The van der Waals surface area contributed by atoms with Crippen LogP contribution in [0, 0.1) is 6.92 Å². The molecule has 5 heteroatoms. The van der Waals surface area contributed by atoms with Crippen LogP contribution >= 0.6 is 0 Å². The lowest BCUT2D eigenvalue weighted by atomic mass is 9.94. The van der Waals surface area contributed by atoms with Crippen molar-refractivity contribution in [2.45, 2.75) is 27.2 Å². The van der Waals surface area contributed by atoms with E-state index in [2.05, 4.69) is 16.5 Å². The fourth-order valence-corrected chi connectivity index (χ4v) is 3.19. The topological polar surface area (TPSA) is 51.1 Å². The van der Waals surface area contributed by atoms with Crippen molar-refractivity contribution in [3.63, 3.8) is 0 Å². The van der Waals surface area contributed by atoms with Crippen LogP contribution in [0.25, 0.3) is 0 Å². The first-order valence-electron chi connectivity index (χ1n) is 8.71. The van der Waals surface area contributed by atoms with Crippen LogP contribution in [0.15, 0.2) is 29.4 Å². The first-order valence-corrected chi connectivity index (χ1v) is 8.71. The average Bonchev–Trinajstić information content (AvgIpc) is 2.59. The third kappa shape index (κ3) is 5.00. The van der Waals surface area contributed by atoms with Gasteiger partial charge in [-0.15, -0.1) is 0 Å². The number of aryl methyl sites for hydroxylation is 2. The van der Waals surface area contributed by atoms with Gasteiger partial charge in [0.15, 0.2) is 5.78 Å². The molecule has 1 fully saturated rings. The first kappa shape index (κ1) is 19.3. The van der Waals surface area contributed by atoms with Crippen LogP contribution in [-0.2, 0) is 15.9 Å². The monoisotopic (exact) mass is 344 g/mol. The van der Waals surface area contributed by atoms with Gasteiger partial charge in [0.25, 0.3) is 0 Å². The molecule has 0 radical (unpaired) electrons. The lowest BCUT2D eigenvalue weighted by molar-refractivity contribution is 0.0422. The zero-order valence-corrected chi connectivity index (χ0v) is 15.7. The summed E-state index contributed by atoms with van der Waals surface area (Å²) in [4.78, 5) is 18.8. The summed E-state index contributed by atoms with van der Waals surface area (Å²) >= 11 is 0. The molecule has 136 valence electrons. The number of carbonyl (C=O) groups is 1. The van der Waals surface area contributed by atoms with Gasteiger partial charge in [0, 0.05) is 30.8 Å². The van der Waals surface area contributed by atoms with E-state index in [0.29, 0.717) is 12.4 Å². The highest BCUT2D eigenvalue weighted by Crippen LogP contribution is 2.20. The van der Waals surface area contributed by atoms with Crippen LogP contribution in [0.5, 0.6) is 0 Å². The molecule has 2 rings (SSSR count). The van der Waals surface area contributed by atoms with Gasteiger partial charge >= 0.3 is 0 Å². The van der Waals surface area contributed by atoms with E-state index in [1.165, 1.54) is 0 Å². The number of carbonyl (C=O) groups excluding carboxylic acids is 1. The zero-order valence-electron chi connectivity index (χ0n) is 15.7. The molecule has 1 aliphatic rings. The molecule has 5 nitrogen and oxygen atoms in total. The van der Waals surface area contributed by atoms with Gasteiger partial charge in [-0.25, -0.2) is 4.99 Å². The van der Waals surface area contributed by atoms with Gasteiger partial charge in [-0.1, -0.05) is 13.5 Å². The quantitative estimate of drug-likeness (QED) is 0.452. The third-order valence-corrected chi connectivity index (χ3v) is 4.36. The van der Waals surface area contributed by atoms with E-state index in [1.54, 1.807) is 14.0 Å². The largest absolute Gasteiger partial charge is 0.481 e. The Bertz CT molecular complexity index is 674. The second kappa shape index (κ2) is 8.92. The minimum atomic E-state index is 0.0912. The molecular formula is C20H28N2O3. The lowest BCUT2D eigenvalue weighted by Crippen LogP contribution is -2.37. The summed E-state index contributed by atoms with van der Waals surface area (Å²) in [5.74, 6) is 0.625. The summed E-state index contributed by atoms with van der Waals surface area (Å²) in [5.41, 5.74) is 4.40. The predicted octanol–water partition coefficient (Wildman–Crippen LogP) is 3.00. The number of benzene rings is 1. The van der Waals surface area contributed by atoms with E-state index in [0.717, 1.165) is 60.7 Å². The molecule has 0 aromatic heterocycles. The number of morpholine rings is 1. The standard InChI is InChI=1S/C20H28N2O3/c1-6-17-12-18(11-14(2)19(17)16(4)23)20(24-5)21-15(3)13-22-7-9-25-10-8-22/h11-12H,3,6-10,13H2,1-2,4-5H3. The Kier molecular flexibility index (Phi) is 6.91. The Morgan fingerprint density at radius 2 is 2.04 bits per heavy atom. The maximum absolute atomic E-state index is 11.9. The summed E-state index contributed by atoms with van der Waals surface area (Å²) in [6.45, 7) is 13.7. The van der Waals surface area contributed by atoms with Crippen molar-refractivity contribution in [2.75, 3.05) is 40.0 Å². The maximum atomic E-state index is 11.9. The Morgan fingerprint density at radius 1 is 1.36 bits per heavy atom. The van der Waals surface area contributed by atoms with E-state index < -0.39 is 0 Å². The zero-order chi connectivity index (χ0) is 18.4. The molecular weight excluding hydrogens is 316 g/mol. The predicted molar refractivity (Wildman–Crippen MR) is 101 cm³/mol. The number of methoxy groups -OCH3 is 1. The molecule has 1 aliphatic heterocycles. The number of ketones is 1. The van der Waals surface area contributed by atoms with Crippen LogP contribution in [0.4, 0.5) is 0 Å². The summed E-state index contributed by atoms with van der Waals surface area (Å²) < 4.78 is 10.9. The lowest BCUT2D eigenvalue weighted by Gasteiger charge is -2.26. The van der Waals surface area contributed by atoms with Gasteiger partial charge in [0.1, 0.15) is 0 Å². The van der Waals surface area contributed by atoms with Crippen molar-refractivity contribution >= 4 is 11.7 Å². The highest BCUT2D eigenvalue weighted by molar-refractivity contribution is 6.00. The van der Waals surface area contributed by atoms with Crippen LogP contribution < -0.4 is 0 Å². The smallest absolute Gasteiger partial charge is 0.220 e. The fourth-order valence-electron chi connectivity index (χ4n) is 3.19. The molecule has 0 saturated carbocycles. The molecule has 25 heavy (non-hydrogen) atoms. The minimum absolute atomic E-state index is 0.0912. The van der Waals surface area contributed by atoms with E-state index in [9.17, 15) is 4.79 Å². The molecule has 0 unspecified atom stereocenters. The van der Waals surface area contributed by atoms with E-state index >= 15 is 0 Å². The number of Topliss-reactive ketones (excluding diaryl/α,β-unsaturated/α-hetero) is 1. The summed E-state index contributed by atoms with van der Waals surface area (Å²) in [6.07, 6.45) is 0.787. The summed E-state index contributed by atoms with van der Waals surface area (Å²) in [6, 6.07) is 3.95. The Balaban J connectivity index is 2.25. The van der Waals surface area contributed by atoms with Gasteiger partial charge in [-0.05, 0) is 43.5 Å². The Morgan fingerprint density at radius 3 is 2.60 bits per heavy atom. The fraction of sp³-hybridized carbons (Fsp3) is 0.500. The highest BCUT2D eigenvalue weighted by atomic mass is 16.5. The van der Waals surface area contributed by atoms with Crippen molar-refractivity contribution in [1.82, 2.24) is 4.90 Å². The van der Waals surface area contributed by atoms with Gasteiger partial charge in [0.2, 0.25) is 5.90 Å². The number of aliphatic imine (C=N–C) groups is 1. The van der Waals surface area contributed by atoms with Crippen LogP contribution in [0.1, 0.15) is 40.9 Å². The number of rotatable bonds is 6. The molecule has 0 atom stereocenters. The normalized spacial score (nSPS) is 15.9. The van der Waals surface area contributed by atoms with Gasteiger partial charge in [-0.2, -0.15) is 0 Å².